The summed E-state index contributed by atoms with van der Waals surface area (Å²) >= 11 is 3.08. The Morgan fingerprint density at radius 1 is 1.43 bits per heavy atom. The predicted octanol–water partition coefficient (Wildman–Crippen LogP) is 3.08. The van der Waals surface area contributed by atoms with Gasteiger partial charge in [-0.1, -0.05) is 6.92 Å². The number of carbonyl (C=O) groups is 2. The van der Waals surface area contributed by atoms with Crippen molar-refractivity contribution in [3.8, 4) is 0 Å². The molecule has 0 aliphatic carbocycles. The van der Waals surface area contributed by atoms with Crippen LogP contribution in [-0.4, -0.2) is 35.1 Å². The third-order valence-electron chi connectivity index (χ3n) is 3.73. The lowest BCUT2D eigenvalue weighted by molar-refractivity contribution is -0.142. The van der Waals surface area contributed by atoms with Gasteiger partial charge in [-0.25, -0.2) is 9.18 Å². The molecule has 0 bridgehead atoms. The quantitative estimate of drug-likeness (QED) is 0.853. The number of halogens is 2. The van der Waals surface area contributed by atoms with Crippen LogP contribution in [-0.2, 0) is 4.79 Å². The van der Waals surface area contributed by atoms with Crippen LogP contribution in [0.1, 0.15) is 12.5 Å². The van der Waals surface area contributed by atoms with Gasteiger partial charge in [-0.05, 0) is 46.5 Å². The first-order valence-electron chi connectivity index (χ1n) is 6.54. The Hall–Kier alpha value is -1.63. The van der Waals surface area contributed by atoms with Gasteiger partial charge in [0.1, 0.15) is 5.82 Å². The fourth-order valence-corrected chi connectivity index (χ4v) is 2.89. The lowest BCUT2D eigenvalue weighted by Gasteiger charge is -2.18. The first-order chi connectivity index (χ1) is 9.79. The van der Waals surface area contributed by atoms with Crippen molar-refractivity contribution >= 4 is 33.6 Å². The number of amides is 2. The molecule has 2 atom stereocenters. The Morgan fingerprint density at radius 3 is 2.67 bits per heavy atom. The summed E-state index contributed by atoms with van der Waals surface area (Å²) in [6.07, 6.45) is 0. The van der Waals surface area contributed by atoms with E-state index in [0.29, 0.717) is 16.7 Å². The van der Waals surface area contributed by atoms with Crippen LogP contribution < -0.4 is 5.32 Å². The number of nitrogens with zero attached hydrogens (tertiary/aromatic N) is 1. The summed E-state index contributed by atoms with van der Waals surface area (Å²) in [7, 11) is 0. The van der Waals surface area contributed by atoms with E-state index in [1.54, 1.807) is 19.9 Å². The van der Waals surface area contributed by atoms with Gasteiger partial charge in [0.15, 0.2) is 0 Å². The third kappa shape index (κ3) is 3.34. The smallest absolute Gasteiger partial charge is 0.321 e. The largest absolute Gasteiger partial charge is 0.481 e. The second kappa shape index (κ2) is 6.01. The summed E-state index contributed by atoms with van der Waals surface area (Å²) in [4.78, 5) is 24.7. The zero-order valence-electron chi connectivity index (χ0n) is 11.7. The van der Waals surface area contributed by atoms with Crippen molar-refractivity contribution in [1.29, 1.82) is 0 Å². The first-order valence-corrected chi connectivity index (χ1v) is 7.33. The van der Waals surface area contributed by atoms with Crippen LogP contribution in [0.25, 0.3) is 0 Å². The summed E-state index contributed by atoms with van der Waals surface area (Å²) in [5, 5.41) is 11.7. The molecule has 0 aromatic heterocycles. The normalized spacial score (nSPS) is 21.4. The minimum absolute atomic E-state index is 0.101. The van der Waals surface area contributed by atoms with E-state index in [1.165, 1.54) is 11.0 Å². The van der Waals surface area contributed by atoms with Gasteiger partial charge in [-0.3, -0.25) is 4.79 Å². The molecule has 1 aromatic rings. The molecule has 21 heavy (non-hydrogen) atoms. The van der Waals surface area contributed by atoms with Crippen LogP contribution in [0.4, 0.5) is 14.9 Å². The lowest BCUT2D eigenvalue weighted by Crippen LogP contribution is -2.34. The van der Waals surface area contributed by atoms with E-state index >= 15 is 0 Å². The molecule has 1 heterocycles. The van der Waals surface area contributed by atoms with E-state index in [4.69, 9.17) is 5.11 Å². The van der Waals surface area contributed by atoms with Crippen LogP contribution in [0.5, 0.6) is 0 Å². The van der Waals surface area contributed by atoms with E-state index in [0.717, 1.165) is 5.56 Å². The molecule has 114 valence electrons. The maximum absolute atomic E-state index is 13.5. The van der Waals surface area contributed by atoms with E-state index < -0.39 is 23.7 Å². The molecule has 7 heteroatoms. The van der Waals surface area contributed by atoms with Crippen molar-refractivity contribution in [2.24, 2.45) is 11.8 Å². The zero-order valence-corrected chi connectivity index (χ0v) is 13.3. The summed E-state index contributed by atoms with van der Waals surface area (Å²) < 4.78 is 13.9. The van der Waals surface area contributed by atoms with E-state index in [9.17, 15) is 14.0 Å². The number of hydrogen-bond donors (Lipinski definition) is 2. The van der Waals surface area contributed by atoms with Crippen LogP contribution in [0, 0.1) is 24.6 Å². The topological polar surface area (TPSA) is 69.6 Å². The number of urea groups is 1. The van der Waals surface area contributed by atoms with Crippen LogP contribution in [0.15, 0.2) is 16.6 Å². The first kappa shape index (κ1) is 15.8. The average Bonchev–Trinajstić information content (AvgIpc) is 2.78. The Labute approximate surface area is 130 Å². The summed E-state index contributed by atoms with van der Waals surface area (Å²) in [5.74, 6) is -2.02. The second-order valence-electron chi connectivity index (χ2n) is 5.34. The summed E-state index contributed by atoms with van der Waals surface area (Å²) in [5.41, 5.74) is 1.10. The molecule has 1 aromatic carbocycles. The van der Waals surface area contributed by atoms with Crippen LogP contribution in [0.3, 0.4) is 0 Å². The van der Waals surface area contributed by atoms with E-state index in [-0.39, 0.29) is 12.5 Å². The molecule has 2 N–H and O–H groups in total. The van der Waals surface area contributed by atoms with Gasteiger partial charge in [-0.15, -0.1) is 0 Å². The monoisotopic (exact) mass is 358 g/mol. The minimum Gasteiger partial charge on any atom is -0.481 e. The molecule has 1 saturated heterocycles. The molecule has 0 saturated carbocycles. The Kier molecular flexibility index (Phi) is 4.51. The van der Waals surface area contributed by atoms with Gasteiger partial charge in [0.2, 0.25) is 0 Å². The van der Waals surface area contributed by atoms with Crippen molar-refractivity contribution in [1.82, 2.24) is 4.90 Å². The van der Waals surface area contributed by atoms with Gasteiger partial charge in [0, 0.05) is 18.8 Å². The van der Waals surface area contributed by atoms with Gasteiger partial charge in [-0.2, -0.15) is 0 Å². The second-order valence-corrected chi connectivity index (χ2v) is 6.19. The van der Waals surface area contributed by atoms with Gasteiger partial charge >= 0.3 is 12.0 Å². The fourth-order valence-electron chi connectivity index (χ4n) is 2.43. The summed E-state index contributed by atoms with van der Waals surface area (Å²) in [6, 6.07) is 2.42. The Morgan fingerprint density at radius 2 is 2.10 bits per heavy atom. The van der Waals surface area contributed by atoms with Gasteiger partial charge < -0.3 is 15.3 Å². The summed E-state index contributed by atoms with van der Waals surface area (Å²) in [6.45, 7) is 4.10. The van der Waals surface area contributed by atoms with E-state index in [2.05, 4.69) is 21.2 Å². The Balaban J connectivity index is 2.09. The number of hydrogen-bond acceptors (Lipinski definition) is 2. The lowest BCUT2D eigenvalue weighted by atomic mass is 9.99. The van der Waals surface area contributed by atoms with Crippen molar-refractivity contribution in [3.63, 3.8) is 0 Å². The highest BCUT2D eigenvalue weighted by Crippen LogP contribution is 2.26. The number of carbonyl (C=O) groups excluding carboxylic acids is 1. The van der Waals surface area contributed by atoms with Crippen molar-refractivity contribution in [3.05, 3.63) is 28.0 Å². The number of aliphatic carboxylic acids is 1. The predicted molar refractivity (Wildman–Crippen MR) is 79.7 cm³/mol. The molecular formula is C14H16BrFN2O3. The molecule has 1 aliphatic rings. The molecule has 2 amide bonds. The number of anilines is 1. The number of carboxylic acid groups (broad SMARTS) is 1. The number of carboxylic acids is 1. The van der Waals surface area contributed by atoms with Gasteiger partial charge in [0.25, 0.3) is 0 Å². The minimum atomic E-state index is -0.899. The zero-order chi connectivity index (χ0) is 15.7. The third-order valence-corrected chi connectivity index (χ3v) is 4.33. The van der Waals surface area contributed by atoms with Gasteiger partial charge in [0.05, 0.1) is 10.4 Å². The number of benzene rings is 1. The number of nitrogens with one attached hydrogen (secondary N) is 1. The molecule has 0 spiro atoms. The molecule has 1 aliphatic heterocycles. The van der Waals surface area contributed by atoms with Crippen molar-refractivity contribution < 1.29 is 19.1 Å². The van der Waals surface area contributed by atoms with E-state index in [1.807, 2.05) is 0 Å². The van der Waals surface area contributed by atoms with Crippen molar-refractivity contribution in [2.75, 3.05) is 18.4 Å². The molecular weight excluding hydrogens is 343 g/mol. The average molecular weight is 359 g/mol. The number of likely N-dealkylation sites (tertiary alicyclic amines) is 1. The highest BCUT2D eigenvalue weighted by atomic mass is 79.9. The number of aryl methyl sites for hydroxylation is 1. The molecule has 2 rings (SSSR count). The molecule has 0 unspecified atom stereocenters. The molecule has 0 radical (unpaired) electrons. The maximum atomic E-state index is 13.5. The fraction of sp³-hybridized carbons (Fsp3) is 0.429. The highest BCUT2D eigenvalue weighted by Gasteiger charge is 2.37. The maximum Gasteiger partial charge on any atom is 0.321 e. The molecule has 1 fully saturated rings. The molecule has 5 nitrogen and oxygen atoms in total. The Bertz CT molecular complexity index is 594. The van der Waals surface area contributed by atoms with Crippen LogP contribution >= 0.6 is 15.9 Å². The number of rotatable bonds is 2. The van der Waals surface area contributed by atoms with Crippen molar-refractivity contribution in [2.45, 2.75) is 13.8 Å². The SMILES string of the molecule is Cc1cc(Br)c(F)cc1NC(=O)N1C[C@@H](C)[C@H](C(=O)O)C1. The standard InChI is InChI=1S/C14H16BrFN2O3/c1-7-3-10(15)11(16)4-12(7)17-14(21)18-5-8(2)9(6-18)13(19)20/h3-4,8-9H,5-6H2,1-2H3,(H,17,21)(H,19,20)/t8-,9-/m1/s1. The highest BCUT2D eigenvalue weighted by molar-refractivity contribution is 9.10. The van der Waals surface area contributed by atoms with Crippen LogP contribution in [0.2, 0.25) is 0 Å².